The Balaban J connectivity index is 1.54. The first-order chi connectivity index (χ1) is 12.1. The van der Waals surface area contributed by atoms with Gasteiger partial charge in [-0.25, -0.2) is 0 Å². The fraction of sp³-hybridized carbons (Fsp3) is 0.476. The molecule has 0 unspecified atom stereocenters. The standard InChI is InChI=1S/C21H28N2O2/c1-4-25-20-9-7-18(8-10-20)15-21(24)22-13-11-19(12-14-22)23-16(2)5-6-17(23)3/h5-10,19H,4,11-15H2,1-3H3. The summed E-state index contributed by atoms with van der Waals surface area (Å²) in [5.41, 5.74) is 3.68. The van der Waals surface area contributed by atoms with E-state index < -0.39 is 0 Å². The van der Waals surface area contributed by atoms with E-state index in [1.54, 1.807) is 0 Å². The van der Waals surface area contributed by atoms with E-state index in [2.05, 4.69) is 30.5 Å². The van der Waals surface area contributed by atoms with Crippen molar-refractivity contribution >= 4 is 5.91 Å². The summed E-state index contributed by atoms with van der Waals surface area (Å²) in [6.45, 7) is 8.65. The van der Waals surface area contributed by atoms with Gasteiger partial charge in [0.05, 0.1) is 13.0 Å². The van der Waals surface area contributed by atoms with Crippen LogP contribution in [0.5, 0.6) is 5.75 Å². The van der Waals surface area contributed by atoms with E-state index in [-0.39, 0.29) is 5.91 Å². The first-order valence-corrected chi connectivity index (χ1v) is 9.22. The third-order valence-electron chi connectivity index (χ3n) is 5.10. The Morgan fingerprint density at radius 3 is 2.20 bits per heavy atom. The van der Waals surface area contributed by atoms with Crippen molar-refractivity contribution in [3.8, 4) is 5.75 Å². The Bertz CT molecular complexity index is 690. The molecule has 0 atom stereocenters. The van der Waals surface area contributed by atoms with Gasteiger partial charge in [-0.3, -0.25) is 4.79 Å². The Morgan fingerprint density at radius 1 is 1.04 bits per heavy atom. The highest BCUT2D eigenvalue weighted by Gasteiger charge is 2.24. The number of hydrogen-bond acceptors (Lipinski definition) is 2. The second kappa shape index (κ2) is 7.77. The summed E-state index contributed by atoms with van der Waals surface area (Å²) < 4.78 is 7.88. The number of piperidine rings is 1. The van der Waals surface area contributed by atoms with Crippen molar-refractivity contribution in [2.24, 2.45) is 0 Å². The fourth-order valence-corrected chi connectivity index (χ4v) is 3.79. The third-order valence-corrected chi connectivity index (χ3v) is 5.10. The molecule has 1 aliphatic rings. The molecule has 1 fully saturated rings. The SMILES string of the molecule is CCOc1ccc(CC(=O)N2CCC(n3c(C)ccc3C)CC2)cc1. The summed E-state index contributed by atoms with van der Waals surface area (Å²) in [5.74, 6) is 1.08. The molecule has 0 aliphatic carbocycles. The van der Waals surface area contributed by atoms with Crippen molar-refractivity contribution < 1.29 is 9.53 Å². The topological polar surface area (TPSA) is 34.5 Å². The van der Waals surface area contributed by atoms with Crippen molar-refractivity contribution in [2.45, 2.75) is 46.1 Å². The molecular formula is C21H28N2O2. The van der Waals surface area contributed by atoms with E-state index in [0.717, 1.165) is 37.2 Å². The summed E-state index contributed by atoms with van der Waals surface area (Å²) in [5, 5.41) is 0. The van der Waals surface area contributed by atoms with Crippen LogP contribution in [-0.2, 0) is 11.2 Å². The third kappa shape index (κ3) is 4.06. The van der Waals surface area contributed by atoms with Gasteiger partial charge in [-0.15, -0.1) is 0 Å². The molecule has 1 aromatic carbocycles. The summed E-state index contributed by atoms with van der Waals surface area (Å²) in [4.78, 5) is 14.6. The van der Waals surface area contributed by atoms with Gasteiger partial charge < -0.3 is 14.2 Å². The van der Waals surface area contributed by atoms with Crippen LogP contribution >= 0.6 is 0 Å². The maximum atomic E-state index is 12.6. The Morgan fingerprint density at radius 2 is 1.64 bits per heavy atom. The molecule has 2 heterocycles. The van der Waals surface area contributed by atoms with Crippen LogP contribution in [-0.4, -0.2) is 35.1 Å². The van der Waals surface area contributed by atoms with Gasteiger partial charge in [0.25, 0.3) is 0 Å². The average molecular weight is 340 g/mol. The van der Waals surface area contributed by atoms with E-state index in [1.165, 1.54) is 11.4 Å². The van der Waals surface area contributed by atoms with Gasteiger partial charge in [0.1, 0.15) is 5.75 Å². The predicted octanol–water partition coefficient (Wildman–Crippen LogP) is 3.91. The van der Waals surface area contributed by atoms with E-state index in [9.17, 15) is 4.79 Å². The van der Waals surface area contributed by atoms with Gasteiger partial charge in [-0.1, -0.05) is 12.1 Å². The highest BCUT2D eigenvalue weighted by atomic mass is 16.5. The smallest absolute Gasteiger partial charge is 0.226 e. The number of rotatable bonds is 5. The molecule has 0 saturated carbocycles. The number of amides is 1. The maximum Gasteiger partial charge on any atom is 0.226 e. The molecular weight excluding hydrogens is 312 g/mol. The Hall–Kier alpha value is -2.23. The highest BCUT2D eigenvalue weighted by molar-refractivity contribution is 5.78. The number of likely N-dealkylation sites (tertiary alicyclic amines) is 1. The number of hydrogen-bond donors (Lipinski definition) is 0. The van der Waals surface area contributed by atoms with Crippen molar-refractivity contribution in [3.63, 3.8) is 0 Å². The molecule has 25 heavy (non-hydrogen) atoms. The van der Waals surface area contributed by atoms with Gasteiger partial charge >= 0.3 is 0 Å². The number of nitrogens with zero attached hydrogens (tertiary/aromatic N) is 2. The molecule has 1 saturated heterocycles. The lowest BCUT2D eigenvalue weighted by Gasteiger charge is -2.34. The molecule has 1 aromatic heterocycles. The molecule has 1 amide bonds. The van der Waals surface area contributed by atoms with Gasteiger partial charge in [0.2, 0.25) is 5.91 Å². The van der Waals surface area contributed by atoms with Crippen LogP contribution in [0.25, 0.3) is 0 Å². The van der Waals surface area contributed by atoms with Crippen LogP contribution in [0.3, 0.4) is 0 Å². The fourth-order valence-electron chi connectivity index (χ4n) is 3.79. The van der Waals surface area contributed by atoms with Crippen LogP contribution in [0, 0.1) is 13.8 Å². The van der Waals surface area contributed by atoms with Gasteiger partial charge in [-0.05, 0) is 63.4 Å². The predicted molar refractivity (Wildman–Crippen MR) is 100 cm³/mol. The first kappa shape index (κ1) is 17.6. The summed E-state index contributed by atoms with van der Waals surface area (Å²) in [6, 6.07) is 12.7. The van der Waals surface area contributed by atoms with Gasteiger partial charge in [-0.2, -0.15) is 0 Å². The molecule has 0 spiro atoms. The Labute approximate surface area is 150 Å². The number of ether oxygens (including phenoxy) is 1. The summed E-state index contributed by atoms with van der Waals surface area (Å²) >= 11 is 0. The highest BCUT2D eigenvalue weighted by Crippen LogP contribution is 2.26. The van der Waals surface area contributed by atoms with E-state index in [0.29, 0.717) is 19.1 Å². The van der Waals surface area contributed by atoms with Crippen LogP contribution in [0.2, 0.25) is 0 Å². The maximum absolute atomic E-state index is 12.6. The van der Waals surface area contributed by atoms with E-state index >= 15 is 0 Å². The van der Waals surface area contributed by atoms with Crippen LogP contribution in [0.1, 0.15) is 42.8 Å². The molecule has 0 N–H and O–H groups in total. The minimum atomic E-state index is 0.226. The zero-order valence-electron chi connectivity index (χ0n) is 15.5. The number of benzene rings is 1. The number of carbonyl (C=O) groups is 1. The normalized spacial score (nSPS) is 15.4. The average Bonchev–Trinajstić information content (AvgIpc) is 2.95. The molecule has 4 nitrogen and oxygen atoms in total. The molecule has 2 aromatic rings. The number of aryl methyl sites for hydroxylation is 2. The van der Waals surface area contributed by atoms with Crippen LogP contribution in [0.4, 0.5) is 0 Å². The summed E-state index contributed by atoms with van der Waals surface area (Å²) in [7, 11) is 0. The quantitative estimate of drug-likeness (QED) is 0.827. The minimum Gasteiger partial charge on any atom is -0.494 e. The molecule has 0 bridgehead atoms. The van der Waals surface area contributed by atoms with E-state index in [1.807, 2.05) is 36.1 Å². The molecule has 4 heteroatoms. The Kier molecular flexibility index (Phi) is 5.47. The second-order valence-electron chi connectivity index (χ2n) is 6.85. The van der Waals surface area contributed by atoms with Gasteiger partial charge in [0, 0.05) is 30.5 Å². The van der Waals surface area contributed by atoms with Crippen molar-refractivity contribution in [1.82, 2.24) is 9.47 Å². The molecule has 3 rings (SSSR count). The number of carbonyl (C=O) groups excluding carboxylic acids is 1. The van der Waals surface area contributed by atoms with Gasteiger partial charge in [0.15, 0.2) is 0 Å². The lowest BCUT2D eigenvalue weighted by atomic mass is 10.0. The monoisotopic (exact) mass is 340 g/mol. The second-order valence-corrected chi connectivity index (χ2v) is 6.85. The largest absolute Gasteiger partial charge is 0.494 e. The number of aromatic nitrogens is 1. The van der Waals surface area contributed by atoms with Crippen LogP contribution in [0.15, 0.2) is 36.4 Å². The molecule has 1 aliphatic heterocycles. The van der Waals surface area contributed by atoms with Crippen molar-refractivity contribution in [1.29, 1.82) is 0 Å². The lowest BCUT2D eigenvalue weighted by molar-refractivity contribution is -0.131. The zero-order chi connectivity index (χ0) is 17.8. The minimum absolute atomic E-state index is 0.226. The van der Waals surface area contributed by atoms with Crippen molar-refractivity contribution in [2.75, 3.05) is 19.7 Å². The first-order valence-electron chi connectivity index (χ1n) is 9.22. The van der Waals surface area contributed by atoms with E-state index in [4.69, 9.17) is 4.74 Å². The lowest BCUT2D eigenvalue weighted by Crippen LogP contribution is -2.40. The molecule has 134 valence electrons. The summed E-state index contributed by atoms with van der Waals surface area (Å²) in [6.07, 6.45) is 2.54. The van der Waals surface area contributed by atoms with Crippen LogP contribution < -0.4 is 4.74 Å². The van der Waals surface area contributed by atoms with Crippen molar-refractivity contribution in [3.05, 3.63) is 53.3 Å². The molecule has 0 radical (unpaired) electrons. The zero-order valence-corrected chi connectivity index (χ0v) is 15.5.